The van der Waals surface area contributed by atoms with Gasteiger partial charge in [-0.15, -0.1) is 0 Å². The third-order valence-electron chi connectivity index (χ3n) is 5.15. The van der Waals surface area contributed by atoms with E-state index in [-0.39, 0.29) is 18.6 Å². The van der Waals surface area contributed by atoms with Gasteiger partial charge in [-0.3, -0.25) is 4.79 Å². The van der Waals surface area contributed by atoms with Gasteiger partial charge in [0.15, 0.2) is 0 Å². The molecule has 0 spiro atoms. The summed E-state index contributed by atoms with van der Waals surface area (Å²) in [7, 11) is 0. The summed E-state index contributed by atoms with van der Waals surface area (Å²) < 4.78 is 13.2. The molecule has 0 fully saturated rings. The Morgan fingerprint density at radius 3 is 2.44 bits per heavy atom. The first-order valence-electron chi connectivity index (χ1n) is 10.1. The van der Waals surface area contributed by atoms with Gasteiger partial charge in [0.25, 0.3) is 5.56 Å². The van der Waals surface area contributed by atoms with E-state index in [1.807, 2.05) is 24.3 Å². The molecule has 1 atom stereocenters. The number of carbonyl (C=O) groups excluding carboxylic acids is 1. The fraction of sp³-hybridized carbons (Fsp3) is 0.120. The quantitative estimate of drug-likeness (QED) is 0.422. The van der Waals surface area contributed by atoms with Gasteiger partial charge in [0.05, 0.1) is 19.2 Å². The molecule has 3 aromatic carbocycles. The molecule has 4 rings (SSSR count). The van der Waals surface area contributed by atoms with Crippen LogP contribution >= 0.6 is 0 Å². The molecule has 2 amide bonds. The standard InChI is InChI=1S/C25H22FN3O3/c26-20-10-12-21(13-11-20)27-25(32)29(16-23(30)17-6-2-1-3-7-17)15-19-14-18-8-4-5-9-22(18)28-24(19)31/h1-14,23,30H,15-16H2,(H,27,32)(H,28,31). The van der Waals surface area contributed by atoms with Crippen LogP contribution < -0.4 is 10.9 Å². The number of fused-ring (bicyclic) bond motifs is 1. The number of benzene rings is 3. The van der Waals surface area contributed by atoms with Crippen LogP contribution in [0.5, 0.6) is 0 Å². The van der Waals surface area contributed by atoms with Gasteiger partial charge in [0.2, 0.25) is 0 Å². The van der Waals surface area contributed by atoms with Crippen molar-refractivity contribution in [3.8, 4) is 0 Å². The highest BCUT2D eigenvalue weighted by Gasteiger charge is 2.21. The number of aliphatic hydroxyl groups is 1. The molecular formula is C25H22FN3O3. The Hall–Kier alpha value is -3.97. The number of carbonyl (C=O) groups is 1. The number of amides is 2. The summed E-state index contributed by atoms with van der Waals surface area (Å²) in [6.45, 7) is -0.0552. The summed E-state index contributed by atoms with van der Waals surface area (Å²) in [4.78, 5) is 29.9. The summed E-state index contributed by atoms with van der Waals surface area (Å²) >= 11 is 0. The molecule has 3 N–H and O–H groups in total. The number of hydrogen-bond donors (Lipinski definition) is 3. The van der Waals surface area contributed by atoms with Crippen molar-refractivity contribution >= 4 is 22.6 Å². The Kier molecular flexibility index (Phi) is 6.28. The average Bonchev–Trinajstić information content (AvgIpc) is 2.81. The minimum Gasteiger partial charge on any atom is -0.387 e. The number of anilines is 1. The number of aromatic amines is 1. The largest absolute Gasteiger partial charge is 0.387 e. The highest BCUT2D eigenvalue weighted by Crippen LogP contribution is 2.18. The average molecular weight is 431 g/mol. The first-order valence-corrected chi connectivity index (χ1v) is 10.1. The maximum atomic E-state index is 13.2. The monoisotopic (exact) mass is 431 g/mol. The van der Waals surface area contributed by atoms with Gasteiger partial charge in [-0.1, -0.05) is 48.5 Å². The molecule has 32 heavy (non-hydrogen) atoms. The van der Waals surface area contributed by atoms with Crippen LogP contribution in [0, 0.1) is 5.82 Å². The SMILES string of the molecule is O=C(Nc1ccc(F)cc1)N(Cc1cc2ccccc2[nH]c1=O)CC(O)c1ccccc1. The molecule has 0 bridgehead atoms. The van der Waals surface area contributed by atoms with Crippen molar-refractivity contribution in [2.75, 3.05) is 11.9 Å². The van der Waals surface area contributed by atoms with Gasteiger partial charge >= 0.3 is 6.03 Å². The number of nitrogens with zero attached hydrogens (tertiary/aromatic N) is 1. The van der Waals surface area contributed by atoms with Crippen molar-refractivity contribution < 1.29 is 14.3 Å². The fourth-order valence-corrected chi connectivity index (χ4v) is 3.46. The van der Waals surface area contributed by atoms with Crippen molar-refractivity contribution in [1.82, 2.24) is 9.88 Å². The zero-order chi connectivity index (χ0) is 22.5. The summed E-state index contributed by atoms with van der Waals surface area (Å²) in [6, 6.07) is 22.9. The van der Waals surface area contributed by atoms with Crippen LogP contribution in [0.4, 0.5) is 14.9 Å². The third-order valence-corrected chi connectivity index (χ3v) is 5.15. The molecule has 4 aromatic rings. The Balaban J connectivity index is 1.62. The molecular weight excluding hydrogens is 409 g/mol. The van der Waals surface area contributed by atoms with E-state index in [0.717, 1.165) is 5.39 Å². The molecule has 0 saturated carbocycles. The van der Waals surface area contributed by atoms with Crippen LogP contribution in [0.1, 0.15) is 17.2 Å². The minimum atomic E-state index is -0.949. The van der Waals surface area contributed by atoms with Gasteiger partial charge in [0, 0.05) is 16.8 Å². The van der Waals surface area contributed by atoms with Gasteiger partial charge in [-0.05, 0) is 47.3 Å². The molecule has 7 heteroatoms. The van der Waals surface area contributed by atoms with E-state index in [9.17, 15) is 19.1 Å². The maximum absolute atomic E-state index is 13.2. The highest BCUT2D eigenvalue weighted by molar-refractivity contribution is 5.89. The zero-order valence-electron chi connectivity index (χ0n) is 17.2. The van der Waals surface area contributed by atoms with Crippen molar-refractivity contribution in [3.63, 3.8) is 0 Å². The number of nitrogens with one attached hydrogen (secondary N) is 2. The topological polar surface area (TPSA) is 85.4 Å². The van der Waals surface area contributed by atoms with Crippen LogP contribution in [0.3, 0.4) is 0 Å². The number of hydrogen-bond acceptors (Lipinski definition) is 3. The smallest absolute Gasteiger partial charge is 0.322 e. The Bertz CT molecular complexity index is 1270. The molecule has 0 saturated heterocycles. The number of pyridine rings is 1. The van der Waals surface area contributed by atoms with Gasteiger partial charge in [-0.25, -0.2) is 9.18 Å². The molecule has 0 aliphatic carbocycles. The van der Waals surface area contributed by atoms with Gasteiger partial charge in [-0.2, -0.15) is 0 Å². The lowest BCUT2D eigenvalue weighted by molar-refractivity contribution is 0.123. The highest BCUT2D eigenvalue weighted by atomic mass is 19.1. The first kappa shape index (κ1) is 21.3. The van der Waals surface area contributed by atoms with Crippen molar-refractivity contribution in [3.05, 3.63) is 112 Å². The second-order valence-electron chi connectivity index (χ2n) is 7.46. The first-order chi connectivity index (χ1) is 15.5. The number of urea groups is 1. The summed E-state index contributed by atoms with van der Waals surface area (Å²) in [5.74, 6) is -0.415. The molecule has 0 aliphatic heterocycles. The molecule has 0 aliphatic rings. The third kappa shape index (κ3) is 5.01. The van der Waals surface area contributed by atoms with E-state index in [2.05, 4.69) is 10.3 Å². The van der Waals surface area contributed by atoms with Crippen molar-refractivity contribution in [1.29, 1.82) is 0 Å². The Morgan fingerprint density at radius 2 is 1.69 bits per heavy atom. The Morgan fingerprint density at radius 1 is 1.00 bits per heavy atom. The van der Waals surface area contributed by atoms with Crippen LogP contribution in [0.15, 0.2) is 89.7 Å². The van der Waals surface area contributed by atoms with Gasteiger partial charge in [0.1, 0.15) is 5.82 Å². The van der Waals surface area contributed by atoms with Gasteiger partial charge < -0.3 is 20.3 Å². The van der Waals surface area contributed by atoms with E-state index in [0.29, 0.717) is 22.3 Å². The summed E-state index contributed by atoms with van der Waals surface area (Å²) in [6.07, 6.45) is -0.949. The maximum Gasteiger partial charge on any atom is 0.322 e. The summed E-state index contributed by atoms with van der Waals surface area (Å²) in [5.41, 5.74) is 1.84. The van der Waals surface area contributed by atoms with E-state index in [1.54, 1.807) is 36.4 Å². The normalized spacial score (nSPS) is 11.8. The number of aromatic nitrogens is 1. The number of aliphatic hydroxyl groups excluding tert-OH is 1. The van der Waals surface area contributed by atoms with Crippen molar-refractivity contribution in [2.45, 2.75) is 12.6 Å². The van der Waals surface area contributed by atoms with E-state index >= 15 is 0 Å². The molecule has 1 aromatic heterocycles. The van der Waals surface area contributed by atoms with Crippen LogP contribution in [0.25, 0.3) is 10.9 Å². The van der Waals surface area contributed by atoms with E-state index < -0.39 is 18.0 Å². The summed E-state index contributed by atoms with van der Waals surface area (Å²) in [5, 5.41) is 14.2. The van der Waals surface area contributed by atoms with Crippen LogP contribution in [0.2, 0.25) is 0 Å². The lowest BCUT2D eigenvalue weighted by Gasteiger charge is -2.26. The lowest BCUT2D eigenvalue weighted by Crippen LogP contribution is -2.39. The van der Waals surface area contributed by atoms with E-state index in [1.165, 1.54) is 29.2 Å². The number of rotatable bonds is 6. The minimum absolute atomic E-state index is 0.0168. The molecule has 6 nitrogen and oxygen atoms in total. The number of para-hydroxylation sites is 1. The predicted molar refractivity (Wildman–Crippen MR) is 122 cm³/mol. The number of halogens is 1. The molecule has 1 unspecified atom stereocenters. The number of H-pyrrole nitrogens is 1. The van der Waals surface area contributed by atoms with Crippen LogP contribution in [-0.4, -0.2) is 27.6 Å². The van der Waals surface area contributed by atoms with Crippen molar-refractivity contribution in [2.24, 2.45) is 0 Å². The second kappa shape index (κ2) is 9.45. The molecule has 1 heterocycles. The van der Waals surface area contributed by atoms with E-state index in [4.69, 9.17) is 0 Å². The molecule has 0 radical (unpaired) electrons. The second-order valence-corrected chi connectivity index (χ2v) is 7.46. The molecule has 162 valence electrons. The predicted octanol–water partition coefficient (Wildman–Crippen LogP) is 4.43. The van der Waals surface area contributed by atoms with Crippen LogP contribution in [-0.2, 0) is 6.54 Å². The lowest BCUT2D eigenvalue weighted by atomic mass is 10.1. The Labute approximate surface area is 183 Å². The zero-order valence-corrected chi connectivity index (χ0v) is 17.2. The fourth-order valence-electron chi connectivity index (χ4n) is 3.46.